The zero-order valence-electron chi connectivity index (χ0n) is 8.68. The lowest BCUT2D eigenvalue weighted by molar-refractivity contribution is 0.413. The summed E-state index contributed by atoms with van der Waals surface area (Å²) in [7, 11) is 0. The van der Waals surface area contributed by atoms with Crippen molar-refractivity contribution in [3.05, 3.63) is 60.9 Å². The number of hydrogen-bond donors (Lipinski definition) is 0. The van der Waals surface area contributed by atoms with Gasteiger partial charge in [-0.15, -0.1) is 0 Å². The van der Waals surface area contributed by atoms with Crippen molar-refractivity contribution in [3.8, 4) is 11.4 Å². The third-order valence-corrected chi connectivity index (χ3v) is 2.23. The first-order valence-electron chi connectivity index (χ1n) is 4.95. The first-order chi connectivity index (χ1) is 7.81. The van der Waals surface area contributed by atoms with Crippen LogP contribution in [0, 0.1) is 0 Å². The molecule has 0 saturated heterocycles. The Morgan fingerprint density at radius 1 is 1.12 bits per heavy atom. The number of hydrogen-bond acceptors (Lipinski definition) is 2. The molecule has 0 saturated carbocycles. The van der Waals surface area contributed by atoms with E-state index in [9.17, 15) is 4.39 Å². The normalized spacial score (nSPS) is 12.1. The smallest absolute Gasteiger partial charge is 0.159 e. The molecule has 1 aromatic carbocycles. The van der Waals surface area contributed by atoms with E-state index in [1.165, 1.54) is 18.5 Å². The maximum absolute atomic E-state index is 13.2. The third-order valence-electron chi connectivity index (χ3n) is 2.23. The standard InChI is InChI=1S/C13H11FN2/c1-2-12(14)11-8-15-13(16-9-11)10-6-4-3-5-7-10/h2-9,12H,1H2. The quantitative estimate of drug-likeness (QED) is 0.732. The van der Waals surface area contributed by atoms with Crippen molar-refractivity contribution < 1.29 is 4.39 Å². The Morgan fingerprint density at radius 2 is 1.75 bits per heavy atom. The largest absolute Gasteiger partial charge is 0.238 e. The molecule has 0 N–H and O–H groups in total. The SMILES string of the molecule is C=CC(F)c1cnc(-c2ccccc2)nc1. The fourth-order valence-electron chi connectivity index (χ4n) is 1.35. The van der Waals surface area contributed by atoms with E-state index in [0.29, 0.717) is 11.4 Å². The minimum Gasteiger partial charge on any atom is -0.238 e. The van der Waals surface area contributed by atoms with Gasteiger partial charge in [0.05, 0.1) is 0 Å². The monoisotopic (exact) mass is 214 g/mol. The Kier molecular flexibility index (Phi) is 3.05. The molecule has 2 rings (SSSR count). The molecule has 1 heterocycles. The number of rotatable bonds is 3. The van der Waals surface area contributed by atoms with Gasteiger partial charge >= 0.3 is 0 Å². The molecule has 1 atom stereocenters. The van der Waals surface area contributed by atoms with Gasteiger partial charge in [-0.2, -0.15) is 0 Å². The second kappa shape index (κ2) is 4.66. The van der Waals surface area contributed by atoms with E-state index in [2.05, 4.69) is 16.5 Å². The molecular formula is C13H11FN2. The van der Waals surface area contributed by atoms with Crippen LogP contribution in [0.4, 0.5) is 4.39 Å². The van der Waals surface area contributed by atoms with Gasteiger partial charge in [-0.3, -0.25) is 0 Å². The highest BCUT2D eigenvalue weighted by molar-refractivity contribution is 5.54. The minimum atomic E-state index is -1.20. The van der Waals surface area contributed by atoms with E-state index < -0.39 is 6.17 Å². The first kappa shape index (κ1) is 10.5. The zero-order chi connectivity index (χ0) is 11.4. The predicted octanol–water partition coefficient (Wildman–Crippen LogP) is 3.34. The molecule has 1 aromatic heterocycles. The summed E-state index contributed by atoms with van der Waals surface area (Å²) in [6.07, 6.45) is 2.99. The Labute approximate surface area is 93.5 Å². The molecule has 0 aliphatic rings. The summed E-state index contributed by atoms with van der Waals surface area (Å²) in [5.74, 6) is 0.598. The molecule has 0 aliphatic carbocycles. The summed E-state index contributed by atoms with van der Waals surface area (Å²) in [5.41, 5.74) is 1.35. The van der Waals surface area contributed by atoms with E-state index in [1.807, 2.05) is 30.3 Å². The van der Waals surface area contributed by atoms with Crippen molar-refractivity contribution in [3.63, 3.8) is 0 Å². The van der Waals surface area contributed by atoms with Gasteiger partial charge in [0, 0.05) is 23.5 Å². The number of alkyl halides is 1. The van der Waals surface area contributed by atoms with E-state index in [1.54, 1.807) is 0 Å². The maximum atomic E-state index is 13.2. The topological polar surface area (TPSA) is 25.8 Å². The van der Waals surface area contributed by atoms with Crippen molar-refractivity contribution in [1.29, 1.82) is 0 Å². The Morgan fingerprint density at radius 3 is 2.31 bits per heavy atom. The van der Waals surface area contributed by atoms with Gasteiger partial charge in [-0.1, -0.05) is 43.0 Å². The molecule has 80 valence electrons. The zero-order valence-corrected chi connectivity index (χ0v) is 8.68. The van der Waals surface area contributed by atoms with Crippen molar-refractivity contribution in [1.82, 2.24) is 9.97 Å². The summed E-state index contributed by atoms with van der Waals surface area (Å²) in [5, 5.41) is 0. The van der Waals surface area contributed by atoms with Crippen molar-refractivity contribution >= 4 is 0 Å². The van der Waals surface area contributed by atoms with Crippen molar-refractivity contribution in [2.45, 2.75) is 6.17 Å². The second-order valence-corrected chi connectivity index (χ2v) is 3.34. The van der Waals surface area contributed by atoms with Crippen molar-refractivity contribution in [2.75, 3.05) is 0 Å². The molecule has 0 spiro atoms. The van der Waals surface area contributed by atoms with Crippen LogP contribution in [0.2, 0.25) is 0 Å². The van der Waals surface area contributed by atoms with Gasteiger partial charge in [0.1, 0.15) is 6.17 Å². The van der Waals surface area contributed by atoms with Crippen LogP contribution < -0.4 is 0 Å². The average Bonchev–Trinajstić information content (AvgIpc) is 2.39. The van der Waals surface area contributed by atoms with Gasteiger partial charge in [0.15, 0.2) is 5.82 Å². The summed E-state index contributed by atoms with van der Waals surface area (Å²) in [4.78, 5) is 8.24. The van der Waals surface area contributed by atoms with Crippen LogP contribution in [0.3, 0.4) is 0 Å². The van der Waals surface area contributed by atoms with Crippen LogP contribution >= 0.6 is 0 Å². The van der Waals surface area contributed by atoms with Crippen LogP contribution in [0.5, 0.6) is 0 Å². The molecule has 16 heavy (non-hydrogen) atoms. The van der Waals surface area contributed by atoms with Crippen LogP contribution in [0.25, 0.3) is 11.4 Å². The molecular weight excluding hydrogens is 203 g/mol. The van der Waals surface area contributed by atoms with Crippen molar-refractivity contribution in [2.24, 2.45) is 0 Å². The summed E-state index contributed by atoms with van der Waals surface area (Å²) in [6.45, 7) is 3.39. The van der Waals surface area contributed by atoms with Gasteiger partial charge in [-0.25, -0.2) is 14.4 Å². The number of aromatic nitrogens is 2. The third kappa shape index (κ3) is 2.14. The Bertz CT molecular complexity index is 465. The van der Waals surface area contributed by atoms with Gasteiger partial charge in [0.2, 0.25) is 0 Å². The Balaban J connectivity index is 2.30. The van der Waals surface area contributed by atoms with E-state index in [4.69, 9.17) is 0 Å². The van der Waals surface area contributed by atoms with E-state index in [0.717, 1.165) is 5.56 Å². The molecule has 0 radical (unpaired) electrons. The van der Waals surface area contributed by atoms with Crippen LogP contribution in [0.1, 0.15) is 11.7 Å². The average molecular weight is 214 g/mol. The van der Waals surface area contributed by atoms with E-state index in [-0.39, 0.29) is 0 Å². The lowest BCUT2D eigenvalue weighted by Gasteiger charge is -2.03. The number of halogens is 1. The lowest BCUT2D eigenvalue weighted by Crippen LogP contribution is -1.93. The van der Waals surface area contributed by atoms with Crippen LogP contribution in [0.15, 0.2) is 55.4 Å². The molecule has 0 aliphatic heterocycles. The highest BCUT2D eigenvalue weighted by Crippen LogP contribution is 2.19. The Hall–Kier alpha value is -2.03. The number of benzene rings is 1. The fourth-order valence-corrected chi connectivity index (χ4v) is 1.35. The highest BCUT2D eigenvalue weighted by atomic mass is 19.1. The first-order valence-corrected chi connectivity index (χ1v) is 4.95. The van der Waals surface area contributed by atoms with Crippen LogP contribution in [-0.2, 0) is 0 Å². The fraction of sp³-hybridized carbons (Fsp3) is 0.0769. The summed E-state index contributed by atoms with van der Waals surface area (Å²) >= 11 is 0. The molecule has 0 fully saturated rings. The molecule has 0 bridgehead atoms. The van der Waals surface area contributed by atoms with Crippen LogP contribution in [-0.4, -0.2) is 9.97 Å². The molecule has 2 aromatic rings. The number of nitrogens with zero attached hydrogens (tertiary/aromatic N) is 2. The highest BCUT2D eigenvalue weighted by Gasteiger charge is 2.06. The second-order valence-electron chi connectivity index (χ2n) is 3.34. The van der Waals surface area contributed by atoms with Gasteiger partial charge in [0.25, 0.3) is 0 Å². The molecule has 1 unspecified atom stereocenters. The minimum absolute atomic E-state index is 0.426. The molecule has 0 amide bonds. The summed E-state index contributed by atoms with van der Waals surface area (Å²) in [6, 6.07) is 9.57. The van der Waals surface area contributed by atoms with Gasteiger partial charge < -0.3 is 0 Å². The molecule has 2 nitrogen and oxygen atoms in total. The van der Waals surface area contributed by atoms with E-state index >= 15 is 0 Å². The summed E-state index contributed by atoms with van der Waals surface area (Å²) < 4.78 is 13.2. The predicted molar refractivity (Wildman–Crippen MR) is 61.5 cm³/mol. The lowest BCUT2D eigenvalue weighted by atomic mass is 10.2. The van der Waals surface area contributed by atoms with Gasteiger partial charge in [-0.05, 0) is 0 Å². The maximum Gasteiger partial charge on any atom is 0.159 e. The number of allylic oxidation sites excluding steroid dienone is 1. The molecule has 3 heteroatoms.